The third kappa shape index (κ3) is 4.50. The lowest BCUT2D eigenvalue weighted by molar-refractivity contribution is 0.341. The zero-order valence-electron chi connectivity index (χ0n) is 14.5. The number of aryl methyl sites for hydroxylation is 1. The lowest BCUT2D eigenvalue weighted by Gasteiger charge is -2.33. The van der Waals surface area contributed by atoms with E-state index in [1.807, 2.05) is 49.4 Å². The van der Waals surface area contributed by atoms with Crippen molar-refractivity contribution >= 4 is 10.0 Å². The number of rotatable bonds is 3. The number of sulfonamides is 1. The number of benzene rings is 2. The third-order valence-corrected chi connectivity index (χ3v) is 6.14. The molecular weight excluding hydrogens is 330 g/mol. The van der Waals surface area contributed by atoms with Gasteiger partial charge in [-0.25, -0.2) is 8.42 Å². The van der Waals surface area contributed by atoms with E-state index in [9.17, 15) is 8.42 Å². The molecule has 130 valence electrons. The molecule has 0 aliphatic heterocycles. The molecule has 0 radical (unpaired) electrons. The summed E-state index contributed by atoms with van der Waals surface area (Å²) in [6, 6.07) is 16.6. The minimum Gasteiger partial charge on any atom is -0.207 e. The van der Waals surface area contributed by atoms with Crippen molar-refractivity contribution in [2.45, 2.75) is 49.5 Å². The van der Waals surface area contributed by atoms with Crippen molar-refractivity contribution in [2.24, 2.45) is 0 Å². The normalized spacial score (nSPS) is 16.7. The van der Waals surface area contributed by atoms with Crippen LogP contribution < -0.4 is 4.72 Å². The van der Waals surface area contributed by atoms with Gasteiger partial charge >= 0.3 is 0 Å². The van der Waals surface area contributed by atoms with Crippen LogP contribution in [0.15, 0.2) is 59.5 Å². The number of hydrogen-bond acceptors (Lipinski definition) is 2. The van der Waals surface area contributed by atoms with E-state index in [0.29, 0.717) is 4.90 Å². The maximum absolute atomic E-state index is 12.8. The fourth-order valence-electron chi connectivity index (χ4n) is 3.15. The highest BCUT2D eigenvalue weighted by Crippen LogP contribution is 2.29. The lowest BCUT2D eigenvalue weighted by atomic mass is 9.83. The Bertz CT molecular complexity index is 869. The average Bonchev–Trinajstić information content (AvgIpc) is 2.62. The van der Waals surface area contributed by atoms with Crippen molar-refractivity contribution in [1.29, 1.82) is 0 Å². The molecule has 1 fully saturated rings. The predicted octanol–water partition coefficient (Wildman–Crippen LogP) is 4.03. The summed E-state index contributed by atoms with van der Waals surface area (Å²) in [4.78, 5) is 0.296. The SMILES string of the molecule is Cc1ccc(S(=O)(=O)NC2(C#Cc3ccccc3)CCCCC2)cc1. The van der Waals surface area contributed by atoms with Gasteiger partial charge < -0.3 is 0 Å². The van der Waals surface area contributed by atoms with Crippen LogP contribution in [0.1, 0.15) is 43.2 Å². The van der Waals surface area contributed by atoms with Gasteiger partial charge in [0.1, 0.15) is 0 Å². The molecular formula is C21H23NO2S. The first kappa shape index (κ1) is 17.7. The largest absolute Gasteiger partial charge is 0.241 e. The molecule has 0 amide bonds. The number of hydrogen-bond donors (Lipinski definition) is 1. The summed E-state index contributed by atoms with van der Waals surface area (Å²) in [6.07, 6.45) is 4.59. The van der Waals surface area contributed by atoms with Crippen LogP contribution in [-0.2, 0) is 10.0 Å². The van der Waals surface area contributed by atoms with Gasteiger partial charge in [0.25, 0.3) is 0 Å². The van der Waals surface area contributed by atoms with Crippen molar-refractivity contribution in [2.75, 3.05) is 0 Å². The second kappa shape index (κ2) is 7.43. The Labute approximate surface area is 150 Å². The van der Waals surface area contributed by atoms with Crippen LogP contribution in [0.25, 0.3) is 0 Å². The van der Waals surface area contributed by atoms with E-state index in [1.165, 1.54) is 0 Å². The summed E-state index contributed by atoms with van der Waals surface area (Å²) < 4.78 is 28.6. The van der Waals surface area contributed by atoms with E-state index in [1.54, 1.807) is 12.1 Å². The second-order valence-corrected chi connectivity index (χ2v) is 8.36. The maximum Gasteiger partial charge on any atom is 0.241 e. The van der Waals surface area contributed by atoms with Crippen LogP contribution >= 0.6 is 0 Å². The molecule has 0 bridgehead atoms. The molecule has 2 aromatic carbocycles. The molecule has 1 saturated carbocycles. The van der Waals surface area contributed by atoms with E-state index in [2.05, 4.69) is 16.6 Å². The van der Waals surface area contributed by atoms with Crippen LogP contribution in [0.3, 0.4) is 0 Å². The van der Waals surface area contributed by atoms with Crippen LogP contribution in [0.2, 0.25) is 0 Å². The molecule has 1 aliphatic carbocycles. The zero-order valence-corrected chi connectivity index (χ0v) is 15.3. The standard InChI is InChI=1S/C21H23NO2S/c1-18-10-12-20(13-11-18)25(23,24)22-21(15-6-3-7-16-21)17-14-19-8-4-2-5-9-19/h2,4-5,8-13,22H,3,6-7,15-16H2,1H3. The zero-order chi connectivity index (χ0) is 17.8. The Balaban J connectivity index is 1.91. The Kier molecular flexibility index (Phi) is 5.27. The Hall–Kier alpha value is -2.09. The first-order valence-electron chi connectivity index (χ1n) is 8.68. The number of nitrogens with one attached hydrogen (secondary N) is 1. The van der Waals surface area contributed by atoms with Gasteiger partial charge in [-0.05, 0) is 44.0 Å². The van der Waals surface area contributed by atoms with Crippen LogP contribution in [-0.4, -0.2) is 14.0 Å². The summed E-state index contributed by atoms with van der Waals surface area (Å²) in [5, 5.41) is 0. The quantitative estimate of drug-likeness (QED) is 0.847. The van der Waals surface area contributed by atoms with E-state index >= 15 is 0 Å². The molecule has 3 rings (SSSR count). The van der Waals surface area contributed by atoms with Gasteiger partial charge in [0.15, 0.2) is 0 Å². The first-order chi connectivity index (χ1) is 12.0. The van der Waals surface area contributed by atoms with E-state index in [-0.39, 0.29) is 0 Å². The molecule has 0 saturated heterocycles. The molecule has 1 N–H and O–H groups in total. The van der Waals surface area contributed by atoms with E-state index in [0.717, 1.165) is 43.2 Å². The smallest absolute Gasteiger partial charge is 0.207 e. The minimum absolute atomic E-state index is 0.296. The minimum atomic E-state index is -3.59. The van der Waals surface area contributed by atoms with Crippen molar-refractivity contribution < 1.29 is 8.42 Å². The molecule has 0 spiro atoms. The lowest BCUT2D eigenvalue weighted by Crippen LogP contribution is -2.48. The summed E-state index contributed by atoms with van der Waals surface area (Å²) in [6.45, 7) is 1.94. The van der Waals surface area contributed by atoms with Gasteiger partial charge in [0.05, 0.1) is 10.4 Å². The van der Waals surface area contributed by atoms with Crippen molar-refractivity contribution in [3.8, 4) is 11.8 Å². The predicted molar refractivity (Wildman–Crippen MR) is 101 cm³/mol. The molecule has 0 unspecified atom stereocenters. The average molecular weight is 353 g/mol. The molecule has 0 atom stereocenters. The highest BCUT2D eigenvalue weighted by molar-refractivity contribution is 7.89. The molecule has 0 aromatic heterocycles. The Morgan fingerprint density at radius 2 is 1.56 bits per heavy atom. The molecule has 3 nitrogen and oxygen atoms in total. The van der Waals surface area contributed by atoms with Gasteiger partial charge in [-0.2, -0.15) is 4.72 Å². The van der Waals surface area contributed by atoms with Crippen LogP contribution in [0, 0.1) is 18.8 Å². The summed E-state index contributed by atoms with van der Waals surface area (Å²) in [7, 11) is -3.59. The fraction of sp³-hybridized carbons (Fsp3) is 0.333. The Morgan fingerprint density at radius 1 is 0.920 bits per heavy atom. The summed E-state index contributed by atoms with van der Waals surface area (Å²) in [5.74, 6) is 6.41. The van der Waals surface area contributed by atoms with E-state index in [4.69, 9.17) is 0 Å². The van der Waals surface area contributed by atoms with Crippen molar-refractivity contribution in [1.82, 2.24) is 4.72 Å². The molecule has 1 aliphatic rings. The summed E-state index contributed by atoms with van der Waals surface area (Å²) >= 11 is 0. The van der Waals surface area contributed by atoms with Crippen LogP contribution in [0.4, 0.5) is 0 Å². The van der Waals surface area contributed by atoms with Gasteiger partial charge in [-0.3, -0.25) is 0 Å². The van der Waals surface area contributed by atoms with Gasteiger partial charge in [-0.15, -0.1) is 0 Å². The fourth-order valence-corrected chi connectivity index (χ4v) is 4.54. The van der Waals surface area contributed by atoms with Gasteiger partial charge in [0.2, 0.25) is 10.0 Å². The monoisotopic (exact) mass is 353 g/mol. The molecule has 0 heterocycles. The van der Waals surface area contributed by atoms with E-state index < -0.39 is 15.6 Å². The molecule has 25 heavy (non-hydrogen) atoms. The summed E-state index contributed by atoms with van der Waals surface area (Å²) in [5.41, 5.74) is 1.26. The van der Waals surface area contributed by atoms with Crippen molar-refractivity contribution in [3.63, 3.8) is 0 Å². The van der Waals surface area contributed by atoms with Gasteiger partial charge in [-0.1, -0.05) is 67.0 Å². The first-order valence-corrected chi connectivity index (χ1v) is 10.2. The Morgan fingerprint density at radius 3 is 2.20 bits per heavy atom. The maximum atomic E-state index is 12.8. The van der Waals surface area contributed by atoms with Crippen LogP contribution in [0.5, 0.6) is 0 Å². The highest BCUT2D eigenvalue weighted by Gasteiger charge is 2.35. The molecule has 4 heteroatoms. The second-order valence-electron chi connectivity index (χ2n) is 6.68. The highest BCUT2D eigenvalue weighted by atomic mass is 32.2. The van der Waals surface area contributed by atoms with Gasteiger partial charge in [0, 0.05) is 5.56 Å². The molecule has 2 aromatic rings. The topological polar surface area (TPSA) is 46.2 Å². The third-order valence-electron chi connectivity index (χ3n) is 4.59. The van der Waals surface area contributed by atoms with Crippen molar-refractivity contribution in [3.05, 3.63) is 65.7 Å².